The highest BCUT2D eigenvalue weighted by Crippen LogP contribution is 2.23. The summed E-state index contributed by atoms with van der Waals surface area (Å²) in [5.74, 6) is 0.727. The van der Waals surface area contributed by atoms with E-state index in [9.17, 15) is 4.79 Å². The Morgan fingerprint density at radius 3 is 2.45 bits per heavy atom. The highest BCUT2D eigenvalue weighted by atomic mass is 79.9. The van der Waals surface area contributed by atoms with E-state index in [-0.39, 0.29) is 11.0 Å². The number of carbonyl (C=O) groups is 1. The zero-order chi connectivity index (χ0) is 21.1. The first-order valence-electron chi connectivity index (χ1n) is 8.79. The van der Waals surface area contributed by atoms with Gasteiger partial charge in [0.1, 0.15) is 24.7 Å². The topological polar surface area (TPSA) is 78.1 Å². The van der Waals surface area contributed by atoms with Crippen molar-refractivity contribution in [3.63, 3.8) is 0 Å². The van der Waals surface area contributed by atoms with Crippen LogP contribution in [0.2, 0.25) is 0 Å². The van der Waals surface area contributed by atoms with Gasteiger partial charge in [0.15, 0.2) is 5.11 Å². The van der Waals surface area contributed by atoms with Gasteiger partial charge in [0, 0.05) is 30.4 Å². The van der Waals surface area contributed by atoms with E-state index < -0.39 is 0 Å². The van der Waals surface area contributed by atoms with Crippen molar-refractivity contribution in [1.29, 1.82) is 0 Å². The molecule has 0 aromatic heterocycles. The van der Waals surface area contributed by atoms with Crippen LogP contribution >= 0.6 is 28.1 Å². The molecular formula is C20H23BrN2O5S. The van der Waals surface area contributed by atoms with E-state index in [0.717, 1.165) is 4.47 Å². The first kappa shape index (κ1) is 23.1. The average molecular weight is 483 g/mol. The second-order valence-corrected chi connectivity index (χ2v) is 7.08. The molecule has 2 aromatic carbocycles. The summed E-state index contributed by atoms with van der Waals surface area (Å²) in [4.78, 5) is 12.7. The molecule has 2 N–H and O–H groups in total. The monoisotopic (exact) mass is 482 g/mol. The molecule has 0 aliphatic carbocycles. The summed E-state index contributed by atoms with van der Waals surface area (Å²) in [7, 11) is 3.20. The van der Waals surface area contributed by atoms with Crippen LogP contribution in [0.3, 0.4) is 0 Å². The molecule has 0 saturated carbocycles. The molecule has 0 unspecified atom stereocenters. The Hall–Kier alpha value is -2.20. The first-order chi connectivity index (χ1) is 14.0. The van der Waals surface area contributed by atoms with Crippen molar-refractivity contribution in [2.45, 2.75) is 0 Å². The summed E-state index contributed by atoms with van der Waals surface area (Å²) in [6, 6.07) is 12.4. The van der Waals surface area contributed by atoms with Crippen LogP contribution in [0.1, 0.15) is 10.4 Å². The minimum absolute atomic E-state index is 0.159. The highest BCUT2D eigenvalue weighted by Gasteiger charge is 2.15. The summed E-state index contributed by atoms with van der Waals surface area (Å²) in [5.41, 5.74) is 1.05. The lowest BCUT2D eigenvalue weighted by Gasteiger charge is -2.14. The van der Waals surface area contributed by atoms with E-state index in [1.165, 1.54) is 0 Å². The van der Waals surface area contributed by atoms with Crippen molar-refractivity contribution in [3.05, 3.63) is 52.5 Å². The van der Waals surface area contributed by atoms with Crippen LogP contribution in [-0.2, 0) is 9.47 Å². The van der Waals surface area contributed by atoms with Crippen molar-refractivity contribution < 1.29 is 23.7 Å². The van der Waals surface area contributed by atoms with E-state index >= 15 is 0 Å². The molecular weight excluding hydrogens is 460 g/mol. The summed E-state index contributed by atoms with van der Waals surface area (Å²) in [6.45, 7) is 1.68. The minimum Gasteiger partial charge on any atom is -0.491 e. The smallest absolute Gasteiger partial charge is 0.261 e. The van der Waals surface area contributed by atoms with Gasteiger partial charge in [-0.15, -0.1) is 0 Å². The Morgan fingerprint density at radius 1 is 1.00 bits per heavy atom. The number of carbonyl (C=O) groups excluding carboxylic acids is 1. The number of hydrogen-bond acceptors (Lipinski definition) is 6. The summed E-state index contributed by atoms with van der Waals surface area (Å²) < 4.78 is 21.9. The zero-order valence-electron chi connectivity index (χ0n) is 16.2. The number of rotatable bonds is 10. The van der Waals surface area contributed by atoms with Crippen molar-refractivity contribution >= 4 is 44.9 Å². The molecule has 1 amide bonds. The third-order valence-electron chi connectivity index (χ3n) is 3.61. The van der Waals surface area contributed by atoms with Crippen LogP contribution in [0.25, 0.3) is 0 Å². The maximum absolute atomic E-state index is 12.7. The van der Waals surface area contributed by atoms with E-state index in [1.54, 1.807) is 38.5 Å². The van der Waals surface area contributed by atoms with E-state index in [1.807, 2.05) is 18.2 Å². The molecule has 0 radical (unpaired) electrons. The van der Waals surface area contributed by atoms with Gasteiger partial charge < -0.3 is 24.3 Å². The first-order valence-corrected chi connectivity index (χ1v) is 9.99. The number of ether oxygens (including phenoxy) is 4. The number of nitrogens with one attached hydrogen (secondary N) is 2. The molecule has 2 aromatic rings. The second kappa shape index (κ2) is 12.4. The fourth-order valence-corrected chi connectivity index (χ4v) is 2.85. The summed E-state index contributed by atoms with van der Waals surface area (Å²) >= 11 is 8.64. The fourth-order valence-electron chi connectivity index (χ4n) is 2.28. The van der Waals surface area contributed by atoms with Crippen LogP contribution < -0.4 is 20.1 Å². The molecule has 0 aliphatic rings. The van der Waals surface area contributed by atoms with Crippen molar-refractivity contribution in [2.24, 2.45) is 0 Å². The molecule has 0 bridgehead atoms. The molecule has 156 valence electrons. The third kappa shape index (κ3) is 7.98. The van der Waals surface area contributed by atoms with Gasteiger partial charge >= 0.3 is 0 Å². The van der Waals surface area contributed by atoms with Gasteiger partial charge in [-0.25, -0.2) is 0 Å². The second-order valence-electron chi connectivity index (χ2n) is 5.76. The Labute approximate surface area is 183 Å². The maximum atomic E-state index is 12.7. The Kier molecular flexibility index (Phi) is 9.85. The molecule has 0 atom stereocenters. The standard InChI is InChI=1S/C20H23BrN2O5S/c1-25-8-10-27-16-5-3-4-15(13-16)22-20(29)23-19(24)17-12-14(21)6-7-18(17)28-11-9-26-2/h3-7,12-13H,8-11H2,1-2H3,(H2,22,23,24,29). The predicted molar refractivity (Wildman–Crippen MR) is 119 cm³/mol. The van der Waals surface area contributed by atoms with Crippen molar-refractivity contribution in [1.82, 2.24) is 5.32 Å². The SMILES string of the molecule is COCCOc1cccc(NC(=S)NC(=O)c2cc(Br)ccc2OCCOC)c1. The molecule has 29 heavy (non-hydrogen) atoms. The molecule has 0 aliphatic heterocycles. The van der Waals surface area contributed by atoms with Crippen LogP contribution in [0.5, 0.6) is 11.5 Å². The molecule has 0 spiro atoms. The van der Waals surface area contributed by atoms with Gasteiger partial charge in [-0.05, 0) is 42.5 Å². The Bertz CT molecular complexity index is 834. The Balaban J connectivity index is 1.99. The molecule has 0 fully saturated rings. The van der Waals surface area contributed by atoms with Crippen molar-refractivity contribution in [3.8, 4) is 11.5 Å². The van der Waals surface area contributed by atoms with Gasteiger partial charge in [-0.3, -0.25) is 10.1 Å². The van der Waals surface area contributed by atoms with E-state index in [4.69, 9.17) is 31.2 Å². The zero-order valence-corrected chi connectivity index (χ0v) is 18.6. The van der Waals surface area contributed by atoms with Gasteiger partial charge in [0.05, 0.1) is 18.8 Å². The number of anilines is 1. The van der Waals surface area contributed by atoms with E-state index in [2.05, 4.69) is 26.6 Å². The van der Waals surface area contributed by atoms with Gasteiger partial charge in [0.2, 0.25) is 0 Å². The molecule has 0 heterocycles. The summed E-state index contributed by atoms with van der Waals surface area (Å²) in [6.07, 6.45) is 0. The van der Waals surface area contributed by atoms with E-state index in [0.29, 0.717) is 49.2 Å². The van der Waals surface area contributed by atoms with Crippen LogP contribution in [0.15, 0.2) is 46.9 Å². The van der Waals surface area contributed by atoms with Gasteiger partial charge in [0.25, 0.3) is 5.91 Å². The lowest BCUT2D eigenvalue weighted by molar-refractivity contribution is 0.0969. The number of hydrogen-bond donors (Lipinski definition) is 2. The number of methoxy groups -OCH3 is 2. The minimum atomic E-state index is -0.385. The van der Waals surface area contributed by atoms with Crippen LogP contribution in [-0.4, -0.2) is 51.7 Å². The molecule has 7 nitrogen and oxygen atoms in total. The molecule has 2 rings (SSSR count). The van der Waals surface area contributed by atoms with Crippen LogP contribution in [0.4, 0.5) is 5.69 Å². The average Bonchev–Trinajstić information content (AvgIpc) is 2.69. The fraction of sp³-hybridized carbons (Fsp3) is 0.300. The predicted octanol–water partition coefficient (Wildman–Crippen LogP) is 3.63. The maximum Gasteiger partial charge on any atom is 0.261 e. The van der Waals surface area contributed by atoms with Crippen LogP contribution in [0, 0.1) is 0 Å². The molecule has 0 saturated heterocycles. The van der Waals surface area contributed by atoms with Gasteiger partial charge in [-0.1, -0.05) is 22.0 Å². The third-order valence-corrected chi connectivity index (χ3v) is 4.30. The lowest BCUT2D eigenvalue weighted by Crippen LogP contribution is -2.34. The number of benzene rings is 2. The quantitative estimate of drug-likeness (QED) is 0.395. The Morgan fingerprint density at radius 2 is 1.72 bits per heavy atom. The number of amides is 1. The number of thiocarbonyl (C=S) groups is 1. The lowest BCUT2D eigenvalue weighted by atomic mass is 10.2. The molecule has 9 heteroatoms. The normalized spacial score (nSPS) is 10.3. The largest absolute Gasteiger partial charge is 0.491 e. The van der Waals surface area contributed by atoms with Gasteiger partial charge in [-0.2, -0.15) is 0 Å². The van der Waals surface area contributed by atoms with Crippen molar-refractivity contribution in [2.75, 3.05) is 46.0 Å². The number of halogens is 1. The summed E-state index contributed by atoms with van der Waals surface area (Å²) in [5, 5.41) is 5.80. The highest BCUT2D eigenvalue weighted by molar-refractivity contribution is 9.10.